The molecule has 5 aliphatic carbocycles. The molecule has 0 aromatic carbocycles. The average molecular weight is 397 g/mol. The minimum atomic E-state index is -0.205. The minimum absolute atomic E-state index is 0.205. The molecule has 0 aromatic rings. The second kappa shape index (κ2) is 6.82. The van der Waals surface area contributed by atoms with Crippen molar-refractivity contribution in [1.82, 2.24) is 0 Å². The van der Waals surface area contributed by atoms with E-state index in [9.17, 15) is 9.59 Å². The highest BCUT2D eigenvalue weighted by molar-refractivity contribution is 5.92. The first-order valence-electron chi connectivity index (χ1n) is 12.0. The maximum atomic E-state index is 12.1. The smallest absolute Gasteiger partial charge is 0.330 e. The highest BCUT2D eigenvalue weighted by Gasteiger charge is 2.67. The van der Waals surface area contributed by atoms with Gasteiger partial charge in [0.05, 0.1) is 6.61 Å². The fourth-order valence-corrected chi connectivity index (χ4v) is 8.42. The molecule has 0 bridgehead atoms. The summed E-state index contributed by atoms with van der Waals surface area (Å²) >= 11 is 0. The van der Waals surface area contributed by atoms with Gasteiger partial charge in [-0.05, 0) is 104 Å². The molecular formula is C26H36O3. The molecule has 3 unspecified atom stereocenters. The molecule has 3 heteroatoms. The van der Waals surface area contributed by atoms with Gasteiger partial charge >= 0.3 is 5.97 Å². The number of ketones is 1. The van der Waals surface area contributed by atoms with Gasteiger partial charge in [-0.25, -0.2) is 4.79 Å². The molecule has 0 radical (unpaired) electrons. The number of carbonyl (C=O) groups excluding carboxylic acids is 2. The summed E-state index contributed by atoms with van der Waals surface area (Å²) in [5.41, 5.74) is 2.23. The monoisotopic (exact) mass is 396 g/mol. The van der Waals surface area contributed by atoms with Crippen molar-refractivity contribution in [3.63, 3.8) is 0 Å². The van der Waals surface area contributed by atoms with Gasteiger partial charge in [0, 0.05) is 12.5 Å². The maximum absolute atomic E-state index is 12.1. The average Bonchev–Trinajstić information content (AvgIpc) is 3.40. The normalized spacial score (nSPS) is 47.7. The van der Waals surface area contributed by atoms with Crippen LogP contribution in [0.4, 0.5) is 0 Å². The summed E-state index contributed by atoms with van der Waals surface area (Å²) < 4.78 is 5.04. The Kier molecular flexibility index (Phi) is 4.60. The van der Waals surface area contributed by atoms with E-state index < -0.39 is 0 Å². The standard InChI is InChI=1S/C26H36O3/c1-4-29-23(28)7-5-6-16-8-9-20-24-19-15-18(19)22-14-17(27)10-12-26(22,3)21(24)11-13-25(16,20)2/h5,7,14,16,18-21,24H,4,6,8-13,15H2,1-3H3/b7-5+/t16-,18-,19+,20?,21?,24?,25+,26+/m0/s1. The largest absolute Gasteiger partial charge is 0.463 e. The van der Waals surface area contributed by atoms with Crippen LogP contribution in [0.25, 0.3) is 0 Å². The van der Waals surface area contributed by atoms with Crippen LogP contribution in [0.1, 0.15) is 72.1 Å². The Balaban J connectivity index is 1.36. The van der Waals surface area contributed by atoms with E-state index in [0.717, 1.165) is 42.9 Å². The summed E-state index contributed by atoms with van der Waals surface area (Å²) in [6.07, 6.45) is 15.2. The third-order valence-electron chi connectivity index (χ3n) is 9.91. The van der Waals surface area contributed by atoms with E-state index in [2.05, 4.69) is 26.0 Å². The summed E-state index contributed by atoms with van der Waals surface area (Å²) in [5.74, 6) is 4.85. The summed E-state index contributed by atoms with van der Waals surface area (Å²) in [6.45, 7) is 7.35. The fraction of sp³-hybridized carbons (Fsp3) is 0.769. The van der Waals surface area contributed by atoms with E-state index in [1.807, 2.05) is 6.92 Å². The van der Waals surface area contributed by atoms with Crippen molar-refractivity contribution in [2.75, 3.05) is 6.61 Å². The van der Waals surface area contributed by atoms with Crippen LogP contribution in [0.3, 0.4) is 0 Å². The molecular weight excluding hydrogens is 360 g/mol. The van der Waals surface area contributed by atoms with Crippen molar-refractivity contribution in [1.29, 1.82) is 0 Å². The Hall–Kier alpha value is -1.38. The molecule has 0 aliphatic heterocycles. The predicted octanol–water partition coefficient (Wildman–Crippen LogP) is 5.50. The number of hydrogen-bond donors (Lipinski definition) is 0. The van der Waals surface area contributed by atoms with Gasteiger partial charge < -0.3 is 4.74 Å². The zero-order chi connectivity index (χ0) is 20.4. The van der Waals surface area contributed by atoms with Gasteiger partial charge in [0.25, 0.3) is 0 Å². The van der Waals surface area contributed by atoms with Crippen molar-refractivity contribution in [3.8, 4) is 0 Å². The Morgan fingerprint density at radius 2 is 2.03 bits per heavy atom. The van der Waals surface area contributed by atoms with Crippen LogP contribution in [-0.4, -0.2) is 18.4 Å². The quantitative estimate of drug-likeness (QED) is 0.465. The van der Waals surface area contributed by atoms with Crippen molar-refractivity contribution in [2.45, 2.75) is 72.1 Å². The van der Waals surface area contributed by atoms with Crippen LogP contribution < -0.4 is 0 Å². The minimum Gasteiger partial charge on any atom is -0.463 e. The molecule has 0 aromatic heterocycles. The highest BCUT2D eigenvalue weighted by Crippen LogP contribution is 2.74. The molecule has 158 valence electrons. The van der Waals surface area contributed by atoms with E-state index in [1.165, 1.54) is 37.7 Å². The lowest BCUT2D eigenvalue weighted by Crippen LogP contribution is -2.51. The predicted molar refractivity (Wildman–Crippen MR) is 113 cm³/mol. The zero-order valence-electron chi connectivity index (χ0n) is 18.3. The van der Waals surface area contributed by atoms with Crippen LogP contribution in [0.2, 0.25) is 0 Å². The van der Waals surface area contributed by atoms with Crippen LogP contribution >= 0.6 is 0 Å². The number of ether oxygens (including phenoxy) is 1. The number of rotatable bonds is 4. The molecule has 4 fully saturated rings. The number of fused-ring (bicyclic) bond motifs is 8. The van der Waals surface area contributed by atoms with Crippen LogP contribution in [-0.2, 0) is 14.3 Å². The number of esters is 1. The third kappa shape index (κ3) is 2.90. The number of allylic oxidation sites excluding steroid dienone is 2. The number of carbonyl (C=O) groups is 2. The van der Waals surface area contributed by atoms with Crippen LogP contribution in [0, 0.1) is 46.3 Å². The fourth-order valence-electron chi connectivity index (χ4n) is 8.42. The first-order chi connectivity index (χ1) is 13.9. The summed E-state index contributed by atoms with van der Waals surface area (Å²) in [5, 5.41) is 0. The van der Waals surface area contributed by atoms with Crippen molar-refractivity contribution in [2.24, 2.45) is 46.3 Å². The molecule has 29 heavy (non-hydrogen) atoms. The van der Waals surface area contributed by atoms with Gasteiger partial charge in [0.15, 0.2) is 5.78 Å². The van der Waals surface area contributed by atoms with Crippen LogP contribution in [0.5, 0.6) is 0 Å². The lowest BCUT2D eigenvalue weighted by Gasteiger charge is -2.58. The zero-order valence-corrected chi connectivity index (χ0v) is 18.3. The maximum Gasteiger partial charge on any atom is 0.330 e. The number of hydrogen-bond acceptors (Lipinski definition) is 3. The molecule has 5 aliphatic rings. The lowest BCUT2D eigenvalue weighted by atomic mass is 9.46. The van der Waals surface area contributed by atoms with Gasteiger partial charge in [-0.15, -0.1) is 0 Å². The molecule has 0 saturated heterocycles. The van der Waals surface area contributed by atoms with Gasteiger partial charge in [0.1, 0.15) is 0 Å². The first-order valence-corrected chi connectivity index (χ1v) is 12.0. The Labute approximate surface area is 175 Å². The molecule has 0 heterocycles. The second-order valence-corrected chi connectivity index (χ2v) is 11.0. The molecule has 0 N–H and O–H groups in total. The van der Waals surface area contributed by atoms with Crippen LogP contribution in [0.15, 0.2) is 23.8 Å². The molecule has 4 saturated carbocycles. The van der Waals surface area contributed by atoms with E-state index in [0.29, 0.717) is 29.6 Å². The van der Waals surface area contributed by atoms with Crippen molar-refractivity contribution >= 4 is 11.8 Å². The van der Waals surface area contributed by atoms with Gasteiger partial charge in [-0.1, -0.05) is 25.5 Å². The molecule has 8 atom stereocenters. The van der Waals surface area contributed by atoms with Crippen molar-refractivity contribution in [3.05, 3.63) is 23.8 Å². The van der Waals surface area contributed by atoms with Gasteiger partial charge in [0.2, 0.25) is 0 Å². The van der Waals surface area contributed by atoms with E-state index in [1.54, 1.807) is 6.08 Å². The lowest BCUT2D eigenvalue weighted by molar-refractivity contribution is -0.137. The molecule has 0 spiro atoms. The Morgan fingerprint density at radius 1 is 1.21 bits per heavy atom. The second-order valence-electron chi connectivity index (χ2n) is 11.0. The van der Waals surface area contributed by atoms with E-state index in [4.69, 9.17) is 4.74 Å². The summed E-state index contributed by atoms with van der Waals surface area (Å²) in [7, 11) is 0. The molecule has 0 amide bonds. The molecule has 3 nitrogen and oxygen atoms in total. The van der Waals surface area contributed by atoms with Gasteiger partial charge in [-0.3, -0.25) is 4.79 Å². The highest BCUT2D eigenvalue weighted by atomic mass is 16.5. The van der Waals surface area contributed by atoms with E-state index in [-0.39, 0.29) is 11.4 Å². The SMILES string of the molecule is CCOC(=O)/C=C/C[C@H]1CCC2C3C(CC[C@@]21C)[C@@]1(C)CCC(=O)C=C1[C@H]1C[C@@H]31. The third-order valence-corrected chi connectivity index (χ3v) is 9.91. The summed E-state index contributed by atoms with van der Waals surface area (Å²) in [6, 6.07) is 0. The van der Waals surface area contributed by atoms with Gasteiger partial charge in [-0.2, -0.15) is 0 Å². The molecule has 5 rings (SSSR count). The summed E-state index contributed by atoms with van der Waals surface area (Å²) in [4.78, 5) is 23.8. The Bertz CT molecular complexity index is 779. The Morgan fingerprint density at radius 3 is 2.83 bits per heavy atom. The van der Waals surface area contributed by atoms with Crippen molar-refractivity contribution < 1.29 is 14.3 Å². The topological polar surface area (TPSA) is 43.4 Å². The van der Waals surface area contributed by atoms with E-state index >= 15 is 0 Å². The first kappa shape index (κ1) is 19.6.